The summed E-state index contributed by atoms with van der Waals surface area (Å²) in [7, 11) is 0. The minimum absolute atomic E-state index is 0.160. The van der Waals surface area contributed by atoms with Gasteiger partial charge in [-0.05, 0) is 42.8 Å². The van der Waals surface area contributed by atoms with Crippen molar-refractivity contribution in [3.63, 3.8) is 0 Å². The number of aliphatic hydroxyl groups is 1. The molecule has 0 fully saturated rings. The molecule has 0 aliphatic heterocycles. The summed E-state index contributed by atoms with van der Waals surface area (Å²) in [5, 5.41) is 15.6. The van der Waals surface area contributed by atoms with Crippen molar-refractivity contribution in [3.8, 4) is 0 Å². The zero-order chi connectivity index (χ0) is 14.4. The maximum absolute atomic E-state index is 9.59. The molecule has 20 heavy (non-hydrogen) atoms. The molecule has 0 heterocycles. The molecule has 1 atom stereocenters. The number of rotatable bonds is 7. The van der Waals surface area contributed by atoms with Crippen LogP contribution in [-0.4, -0.2) is 29.5 Å². The smallest absolute Gasteiger partial charge is 0.0618 e. The first-order valence-electron chi connectivity index (χ1n) is 7.14. The predicted octanol–water partition coefficient (Wildman–Crippen LogP) is 3.68. The Morgan fingerprint density at radius 2 is 1.90 bits per heavy atom. The van der Waals surface area contributed by atoms with Crippen LogP contribution in [-0.2, 0) is 0 Å². The molecule has 0 radical (unpaired) electrons. The average Bonchev–Trinajstić information content (AvgIpc) is 2.51. The van der Waals surface area contributed by atoms with Crippen molar-refractivity contribution in [3.05, 3.63) is 42.5 Å². The lowest BCUT2D eigenvalue weighted by atomic mass is 10.1. The SMILES string of the molecule is CCCNC(C)(CO)CSc1ccc2ccccc2c1. The summed E-state index contributed by atoms with van der Waals surface area (Å²) >= 11 is 1.79. The second kappa shape index (κ2) is 7.11. The first-order valence-corrected chi connectivity index (χ1v) is 8.13. The van der Waals surface area contributed by atoms with Gasteiger partial charge in [0.2, 0.25) is 0 Å². The molecular weight excluding hydrogens is 266 g/mol. The van der Waals surface area contributed by atoms with Gasteiger partial charge in [0, 0.05) is 16.2 Å². The fourth-order valence-corrected chi connectivity index (χ4v) is 3.13. The van der Waals surface area contributed by atoms with Crippen molar-refractivity contribution in [2.75, 3.05) is 18.9 Å². The largest absolute Gasteiger partial charge is 0.394 e. The highest BCUT2D eigenvalue weighted by Gasteiger charge is 2.22. The Labute approximate surface area is 125 Å². The Balaban J connectivity index is 2.04. The van der Waals surface area contributed by atoms with E-state index in [2.05, 4.69) is 61.6 Å². The third kappa shape index (κ3) is 3.98. The normalized spacial score (nSPS) is 14.3. The lowest BCUT2D eigenvalue weighted by molar-refractivity contribution is 0.192. The molecule has 0 saturated heterocycles. The first-order chi connectivity index (χ1) is 9.67. The van der Waals surface area contributed by atoms with E-state index in [4.69, 9.17) is 0 Å². The van der Waals surface area contributed by atoms with Gasteiger partial charge < -0.3 is 10.4 Å². The van der Waals surface area contributed by atoms with Gasteiger partial charge in [-0.25, -0.2) is 0 Å². The molecule has 2 rings (SSSR count). The minimum Gasteiger partial charge on any atom is -0.394 e. The van der Waals surface area contributed by atoms with Crippen molar-refractivity contribution in [2.45, 2.75) is 30.7 Å². The Morgan fingerprint density at radius 3 is 2.60 bits per heavy atom. The fraction of sp³-hybridized carbons (Fsp3) is 0.412. The summed E-state index contributed by atoms with van der Waals surface area (Å²) < 4.78 is 0. The number of aliphatic hydroxyl groups excluding tert-OH is 1. The molecule has 0 saturated carbocycles. The highest BCUT2D eigenvalue weighted by molar-refractivity contribution is 7.99. The molecule has 0 aromatic heterocycles. The number of fused-ring (bicyclic) bond motifs is 1. The zero-order valence-corrected chi connectivity index (χ0v) is 13.0. The number of thioether (sulfide) groups is 1. The average molecular weight is 289 g/mol. The van der Waals surface area contributed by atoms with Crippen molar-refractivity contribution < 1.29 is 5.11 Å². The lowest BCUT2D eigenvalue weighted by Gasteiger charge is -2.28. The van der Waals surface area contributed by atoms with E-state index in [1.54, 1.807) is 11.8 Å². The predicted molar refractivity (Wildman–Crippen MR) is 88.5 cm³/mol. The molecule has 2 N–H and O–H groups in total. The van der Waals surface area contributed by atoms with Crippen LogP contribution in [0.3, 0.4) is 0 Å². The van der Waals surface area contributed by atoms with E-state index >= 15 is 0 Å². The monoisotopic (exact) mass is 289 g/mol. The van der Waals surface area contributed by atoms with E-state index in [0.717, 1.165) is 18.7 Å². The van der Waals surface area contributed by atoms with E-state index in [0.29, 0.717) is 0 Å². The summed E-state index contributed by atoms with van der Waals surface area (Å²) in [5.41, 5.74) is -0.216. The van der Waals surface area contributed by atoms with Crippen molar-refractivity contribution in [2.24, 2.45) is 0 Å². The molecule has 0 aliphatic carbocycles. The van der Waals surface area contributed by atoms with Crippen LogP contribution in [0.5, 0.6) is 0 Å². The Kier molecular flexibility index (Phi) is 5.46. The fourth-order valence-electron chi connectivity index (χ4n) is 2.08. The van der Waals surface area contributed by atoms with Crippen LogP contribution in [0.25, 0.3) is 10.8 Å². The molecule has 0 bridgehead atoms. The maximum Gasteiger partial charge on any atom is 0.0618 e. The van der Waals surface area contributed by atoms with Gasteiger partial charge in [-0.1, -0.05) is 37.3 Å². The lowest BCUT2D eigenvalue weighted by Crippen LogP contribution is -2.48. The highest BCUT2D eigenvalue weighted by atomic mass is 32.2. The second-order valence-corrected chi connectivity index (χ2v) is 6.49. The zero-order valence-electron chi connectivity index (χ0n) is 12.2. The van der Waals surface area contributed by atoms with E-state index in [9.17, 15) is 5.11 Å². The minimum atomic E-state index is -0.216. The van der Waals surface area contributed by atoms with Gasteiger partial charge in [-0.15, -0.1) is 11.8 Å². The topological polar surface area (TPSA) is 32.3 Å². The van der Waals surface area contributed by atoms with Crippen LogP contribution in [0.1, 0.15) is 20.3 Å². The number of hydrogen-bond donors (Lipinski definition) is 2. The first kappa shape index (κ1) is 15.4. The van der Waals surface area contributed by atoms with Crippen LogP contribution >= 0.6 is 11.8 Å². The number of hydrogen-bond acceptors (Lipinski definition) is 3. The van der Waals surface area contributed by atoms with Crippen LogP contribution in [0, 0.1) is 0 Å². The highest BCUT2D eigenvalue weighted by Crippen LogP contribution is 2.26. The molecule has 0 amide bonds. The Bertz CT molecular complexity index is 557. The Morgan fingerprint density at radius 1 is 1.15 bits per heavy atom. The van der Waals surface area contributed by atoms with Gasteiger partial charge in [0.25, 0.3) is 0 Å². The van der Waals surface area contributed by atoms with Crippen LogP contribution in [0.4, 0.5) is 0 Å². The molecule has 108 valence electrons. The molecule has 2 aromatic carbocycles. The third-order valence-corrected chi connectivity index (χ3v) is 4.80. The standard InChI is InChI=1S/C17H23NOS/c1-3-10-18-17(2,12-19)13-20-16-9-8-14-6-4-5-7-15(14)11-16/h4-9,11,18-19H,3,10,12-13H2,1-2H3. The molecule has 2 nitrogen and oxygen atoms in total. The summed E-state index contributed by atoms with van der Waals surface area (Å²) in [6.07, 6.45) is 1.08. The third-order valence-electron chi connectivity index (χ3n) is 3.43. The van der Waals surface area contributed by atoms with Gasteiger partial charge in [0.15, 0.2) is 0 Å². The van der Waals surface area contributed by atoms with E-state index in [1.807, 2.05) is 0 Å². The van der Waals surface area contributed by atoms with Crippen molar-refractivity contribution in [1.29, 1.82) is 0 Å². The van der Waals surface area contributed by atoms with Crippen LogP contribution in [0.2, 0.25) is 0 Å². The molecular formula is C17H23NOS. The van der Waals surface area contributed by atoms with Gasteiger partial charge in [-0.2, -0.15) is 0 Å². The Hall–Kier alpha value is -1.03. The molecule has 3 heteroatoms. The van der Waals surface area contributed by atoms with Gasteiger partial charge in [-0.3, -0.25) is 0 Å². The van der Waals surface area contributed by atoms with Gasteiger partial charge in [0.05, 0.1) is 6.61 Å². The van der Waals surface area contributed by atoms with Crippen LogP contribution < -0.4 is 5.32 Å². The van der Waals surface area contributed by atoms with Crippen LogP contribution in [0.15, 0.2) is 47.4 Å². The molecule has 0 aliphatic rings. The van der Waals surface area contributed by atoms with E-state index in [-0.39, 0.29) is 12.1 Å². The van der Waals surface area contributed by atoms with Crippen molar-refractivity contribution >= 4 is 22.5 Å². The van der Waals surface area contributed by atoms with Crippen molar-refractivity contribution in [1.82, 2.24) is 5.32 Å². The quantitative estimate of drug-likeness (QED) is 0.763. The number of nitrogens with one attached hydrogen (secondary N) is 1. The summed E-state index contributed by atoms with van der Waals surface area (Å²) in [6.45, 7) is 5.32. The summed E-state index contributed by atoms with van der Waals surface area (Å²) in [5.74, 6) is 0.863. The van der Waals surface area contributed by atoms with Gasteiger partial charge >= 0.3 is 0 Å². The van der Waals surface area contributed by atoms with E-state index in [1.165, 1.54) is 15.7 Å². The summed E-state index contributed by atoms with van der Waals surface area (Å²) in [6, 6.07) is 14.9. The maximum atomic E-state index is 9.59. The van der Waals surface area contributed by atoms with E-state index < -0.39 is 0 Å². The second-order valence-electron chi connectivity index (χ2n) is 5.44. The number of benzene rings is 2. The molecule has 2 aromatic rings. The van der Waals surface area contributed by atoms with Gasteiger partial charge in [0.1, 0.15) is 0 Å². The summed E-state index contributed by atoms with van der Waals surface area (Å²) in [4.78, 5) is 1.25. The molecule has 0 spiro atoms. The molecule has 1 unspecified atom stereocenters.